The number of rotatable bonds is 6. The number of ether oxygens (including phenoxy) is 1. The summed E-state index contributed by atoms with van der Waals surface area (Å²) in [6, 6.07) is 11.2. The number of pyridine rings is 1. The van der Waals surface area contributed by atoms with E-state index < -0.39 is 11.7 Å². The molecule has 26 heavy (non-hydrogen) atoms. The van der Waals surface area contributed by atoms with Crippen LogP contribution in [0.25, 0.3) is 22.8 Å². The number of aromatic nitrogens is 2. The van der Waals surface area contributed by atoms with Crippen LogP contribution >= 0.6 is 0 Å². The minimum absolute atomic E-state index is 0.0142. The number of hydrogen-bond donors (Lipinski definition) is 2. The smallest absolute Gasteiger partial charge is 0.232 e. The van der Waals surface area contributed by atoms with E-state index in [9.17, 15) is 10.2 Å². The first-order valence-electron chi connectivity index (χ1n) is 8.38. The van der Waals surface area contributed by atoms with Gasteiger partial charge in [-0.25, -0.2) is 9.55 Å². The molecule has 1 unspecified atom stereocenters. The molecule has 0 aliphatic carbocycles. The standard InChI is InChI=1S/C20H23N2O4/c1-20(2,24)18(23)13-25-16-8-6-14(7-9-16)17-11-21-19(26-17)15-5-4-10-22(3)12-15/h4-12,18,23-24H,13H2,1-3H3/q+1. The predicted molar refractivity (Wildman–Crippen MR) is 96.4 cm³/mol. The molecular weight excluding hydrogens is 332 g/mol. The zero-order valence-corrected chi connectivity index (χ0v) is 15.1. The molecule has 0 fully saturated rings. The normalized spacial score (nSPS) is 12.8. The monoisotopic (exact) mass is 355 g/mol. The summed E-state index contributed by atoms with van der Waals surface area (Å²) in [6.07, 6.45) is 4.61. The zero-order chi connectivity index (χ0) is 18.7. The molecule has 2 N–H and O–H groups in total. The highest BCUT2D eigenvalue weighted by atomic mass is 16.5. The zero-order valence-electron chi connectivity index (χ0n) is 15.1. The third-order valence-electron chi connectivity index (χ3n) is 4.05. The van der Waals surface area contributed by atoms with Crippen molar-refractivity contribution in [2.75, 3.05) is 6.61 Å². The van der Waals surface area contributed by atoms with Crippen LogP contribution < -0.4 is 9.30 Å². The summed E-state index contributed by atoms with van der Waals surface area (Å²) in [4.78, 5) is 4.34. The van der Waals surface area contributed by atoms with Gasteiger partial charge in [-0.3, -0.25) is 0 Å². The molecule has 0 bridgehead atoms. The molecule has 3 aromatic rings. The Morgan fingerprint density at radius 3 is 2.58 bits per heavy atom. The van der Waals surface area contributed by atoms with Gasteiger partial charge in [0.2, 0.25) is 5.89 Å². The summed E-state index contributed by atoms with van der Waals surface area (Å²) in [5, 5.41) is 19.5. The first-order chi connectivity index (χ1) is 12.3. The number of aliphatic hydroxyl groups is 2. The van der Waals surface area contributed by atoms with Crippen molar-refractivity contribution in [3.63, 3.8) is 0 Å². The number of oxazole rings is 1. The van der Waals surface area contributed by atoms with Gasteiger partial charge in [-0.1, -0.05) is 0 Å². The lowest BCUT2D eigenvalue weighted by molar-refractivity contribution is -0.671. The molecule has 2 heterocycles. The Labute approximate surface area is 152 Å². The summed E-state index contributed by atoms with van der Waals surface area (Å²) in [5.41, 5.74) is 0.575. The highest BCUT2D eigenvalue weighted by Gasteiger charge is 2.24. The summed E-state index contributed by atoms with van der Waals surface area (Å²) in [7, 11) is 1.95. The third-order valence-corrected chi connectivity index (χ3v) is 4.05. The molecule has 0 spiro atoms. The van der Waals surface area contributed by atoms with E-state index in [4.69, 9.17) is 9.15 Å². The fraction of sp³-hybridized carbons (Fsp3) is 0.300. The highest BCUT2D eigenvalue weighted by Crippen LogP contribution is 2.27. The maximum Gasteiger partial charge on any atom is 0.232 e. The van der Waals surface area contributed by atoms with Crippen LogP contribution in [0.2, 0.25) is 0 Å². The van der Waals surface area contributed by atoms with Crippen molar-refractivity contribution in [1.82, 2.24) is 4.98 Å². The molecule has 0 saturated carbocycles. The Morgan fingerprint density at radius 1 is 1.19 bits per heavy atom. The van der Waals surface area contributed by atoms with Crippen molar-refractivity contribution in [3.8, 4) is 28.5 Å². The minimum Gasteiger partial charge on any atom is -0.491 e. The van der Waals surface area contributed by atoms with Gasteiger partial charge in [-0.15, -0.1) is 0 Å². The molecule has 1 aromatic carbocycles. The van der Waals surface area contributed by atoms with Crippen LogP contribution in [0, 0.1) is 0 Å². The highest BCUT2D eigenvalue weighted by molar-refractivity contribution is 5.61. The topological polar surface area (TPSA) is 79.6 Å². The predicted octanol–water partition coefficient (Wildman–Crippen LogP) is 2.34. The third kappa shape index (κ3) is 4.28. The average Bonchev–Trinajstić information content (AvgIpc) is 3.09. The van der Waals surface area contributed by atoms with Gasteiger partial charge in [0.15, 0.2) is 18.2 Å². The molecule has 136 valence electrons. The van der Waals surface area contributed by atoms with Crippen LogP contribution in [0.3, 0.4) is 0 Å². The van der Waals surface area contributed by atoms with Gasteiger partial charge in [-0.2, -0.15) is 0 Å². The molecule has 2 aromatic heterocycles. The summed E-state index contributed by atoms with van der Waals surface area (Å²) >= 11 is 0. The lowest BCUT2D eigenvalue weighted by Crippen LogP contribution is -2.40. The Hall–Kier alpha value is -2.70. The summed E-state index contributed by atoms with van der Waals surface area (Å²) < 4.78 is 13.3. The van der Waals surface area contributed by atoms with Crippen LogP contribution in [-0.4, -0.2) is 33.5 Å². The molecule has 1 atom stereocenters. The van der Waals surface area contributed by atoms with E-state index in [1.54, 1.807) is 32.2 Å². The van der Waals surface area contributed by atoms with Gasteiger partial charge in [0.25, 0.3) is 0 Å². The largest absolute Gasteiger partial charge is 0.491 e. The van der Waals surface area contributed by atoms with Crippen molar-refractivity contribution in [3.05, 3.63) is 55.0 Å². The first-order valence-corrected chi connectivity index (χ1v) is 8.38. The van der Waals surface area contributed by atoms with E-state index in [-0.39, 0.29) is 6.61 Å². The van der Waals surface area contributed by atoms with Crippen molar-refractivity contribution in [1.29, 1.82) is 0 Å². The molecular formula is C20H23N2O4+. The fourth-order valence-electron chi connectivity index (χ4n) is 2.35. The number of nitrogens with zero attached hydrogens (tertiary/aromatic N) is 2. The molecule has 6 heteroatoms. The van der Waals surface area contributed by atoms with Crippen LogP contribution in [-0.2, 0) is 7.05 Å². The first kappa shape index (κ1) is 18.1. The van der Waals surface area contributed by atoms with E-state index in [1.165, 1.54) is 0 Å². The Balaban J connectivity index is 1.69. The summed E-state index contributed by atoms with van der Waals surface area (Å²) in [6.45, 7) is 3.09. The van der Waals surface area contributed by atoms with Crippen molar-refractivity contribution < 1.29 is 23.9 Å². The second-order valence-electron chi connectivity index (χ2n) is 6.79. The maximum atomic E-state index is 9.81. The van der Waals surface area contributed by atoms with Crippen LogP contribution in [0.5, 0.6) is 5.75 Å². The number of aliphatic hydroxyl groups excluding tert-OH is 1. The molecule has 3 rings (SSSR count). The molecule has 0 aliphatic rings. The minimum atomic E-state index is -1.20. The fourth-order valence-corrected chi connectivity index (χ4v) is 2.35. The lowest BCUT2D eigenvalue weighted by Gasteiger charge is -2.24. The molecule has 0 radical (unpaired) electrons. The van der Waals surface area contributed by atoms with Crippen LogP contribution in [0.1, 0.15) is 13.8 Å². The van der Waals surface area contributed by atoms with Gasteiger partial charge in [0.05, 0.1) is 11.8 Å². The van der Waals surface area contributed by atoms with Gasteiger partial charge >= 0.3 is 0 Å². The number of benzene rings is 1. The molecule has 0 saturated heterocycles. The summed E-state index contributed by atoms with van der Waals surface area (Å²) in [5.74, 6) is 1.83. The van der Waals surface area contributed by atoms with E-state index in [0.717, 1.165) is 11.1 Å². The average molecular weight is 355 g/mol. The van der Waals surface area contributed by atoms with Crippen LogP contribution in [0.15, 0.2) is 59.4 Å². The Kier molecular flexibility index (Phi) is 5.06. The van der Waals surface area contributed by atoms with E-state index in [0.29, 0.717) is 17.4 Å². The van der Waals surface area contributed by atoms with E-state index >= 15 is 0 Å². The van der Waals surface area contributed by atoms with E-state index in [2.05, 4.69) is 4.98 Å². The Bertz CT molecular complexity index is 866. The van der Waals surface area contributed by atoms with Crippen LogP contribution in [0.4, 0.5) is 0 Å². The second-order valence-corrected chi connectivity index (χ2v) is 6.79. The quantitative estimate of drug-likeness (QED) is 0.664. The van der Waals surface area contributed by atoms with E-state index in [1.807, 2.05) is 48.3 Å². The van der Waals surface area contributed by atoms with Gasteiger partial charge < -0.3 is 19.4 Å². The van der Waals surface area contributed by atoms with Gasteiger partial charge in [0.1, 0.15) is 31.1 Å². The number of aryl methyl sites for hydroxylation is 1. The lowest BCUT2D eigenvalue weighted by atomic mass is 10.0. The van der Waals surface area contributed by atoms with Gasteiger partial charge in [-0.05, 0) is 44.2 Å². The Morgan fingerprint density at radius 2 is 1.92 bits per heavy atom. The second kappa shape index (κ2) is 7.27. The molecule has 0 amide bonds. The van der Waals surface area contributed by atoms with Gasteiger partial charge in [0, 0.05) is 11.6 Å². The number of hydrogen-bond acceptors (Lipinski definition) is 5. The maximum absolute atomic E-state index is 9.81. The molecule has 0 aliphatic heterocycles. The molecule has 6 nitrogen and oxygen atoms in total. The van der Waals surface area contributed by atoms with Crippen molar-refractivity contribution in [2.45, 2.75) is 25.6 Å². The van der Waals surface area contributed by atoms with Crippen molar-refractivity contribution >= 4 is 0 Å². The van der Waals surface area contributed by atoms with Crippen molar-refractivity contribution in [2.24, 2.45) is 7.05 Å². The SMILES string of the molecule is C[n+]1cccc(-c2ncc(-c3ccc(OCC(O)C(C)(C)O)cc3)o2)c1.